The molecule has 118 valence electrons. The van der Waals surface area contributed by atoms with Crippen LogP contribution in [0.15, 0.2) is 17.0 Å². The lowest BCUT2D eigenvalue weighted by Gasteiger charge is -2.36. The summed E-state index contributed by atoms with van der Waals surface area (Å²) in [5, 5.41) is 12.3. The molecule has 0 bridgehead atoms. The lowest BCUT2D eigenvalue weighted by Crippen LogP contribution is -2.45. The van der Waals surface area contributed by atoms with Gasteiger partial charge in [-0.15, -0.1) is 0 Å². The van der Waals surface area contributed by atoms with E-state index in [1.807, 2.05) is 33.0 Å². The number of rotatable bonds is 6. The molecular formula is C15H24N2O3S. The van der Waals surface area contributed by atoms with Gasteiger partial charge >= 0.3 is 0 Å². The van der Waals surface area contributed by atoms with Crippen molar-refractivity contribution >= 4 is 15.7 Å². The minimum atomic E-state index is -3.56. The largest absolute Gasteiger partial charge is 0.395 e. The molecular weight excluding hydrogens is 288 g/mol. The Labute approximate surface area is 127 Å². The summed E-state index contributed by atoms with van der Waals surface area (Å²) in [5.74, 6) is 0. The molecule has 0 aliphatic heterocycles. The molecule has 21 heavy (non-hydrogen) atoms. The van der Waals surface area contributed by atoms with Gasteiger partial charge in [0.25, 0.3) is 0 Å². The second-order valence-electron chi connectivity index (χ2n) is 5.61. The van der Waals surface area contributed by atoms with E-state index in [4.69, 9.17) is 0 Å². The van der Waals surface area contributed by atoms with Crippen LogP contribution >= 0.6 is 0 Å². The predicted molar refractivity (Wildman–Crippen MR) is 84.1 cm³/mol. The summed E-state index contributed by atoms with van der Waals surface area (Å²) < 4.78 is 27.5. The molecule has 0 aromatic heterocycles. The van der Waals surface area contributed by atoms with Crippen LogP contribution in [0.5, 0.6) is 0 Å². The van der Waals surface area contributed by atoms with Crippen LogP contribution in [0, 0.1) is 13.8 Å². The average Bonchev–Trinajstić information content (AvgIpc) is 2.34. The normalized spacial score (nSPS) is 16.0. The van der Waals surface area contributed by atoms with Crippen molar-refractivity contribution < 1.29 is 13.5 Å². The van der Waals surface area contributed by atoms with Crippen molar-refractivity contribution in [1.82, 2.24) is 4.31 Å². The Kier molecular flexibility index (Phi) is 4.91. The third kappa shape index (κ3) is 3.07. The molecule has 0 spiro atoms. The van der Waals surface area contributed by atoms with Crippen LogP contribution in [-0.4, -0.2) is 44.1 Å². The first-order valence-corrected chi connectivity index (χ1v) is 8.77. The van der Waals surface area contributed by atoms with E-state index in [1.54, 1.807) is 0 Å². The minimum Gasteiger partial charge on any atom is -0.395 e. The molecule has 0 radical (unpaired) electrons. The van der Waals surface area contributed by atoms with Crippen LogP contribution in [-0.2, 0) is 10.0 Å². The monoisotopic (exact) mass is 312 g/mol. The van der Waals surface area contributed by atoms with Crippen LogP contribution in [0.25, 0.3) is 0 Å². The van der Waals surface area contributed by atoms with Crippen LogP contribution in [0.3, 0.4) is 0 Å². The minimum absolute atomic E-state index is 0.0323. The topological polar surface area (TPSA) is 69.6 Å². The number of nitrogens with one attached hydrogen (secondary N) is 1. The molecule has 0 amide bonds. The first-order valence-electron chi connectivity index (χ1n) is 7.33. The summed E-state index contributed by atoms with van der Waals surface area (Å²) in [6, 6.07) is 3.72. The Bertz CT molecular complexity index is 586. The Balaban J connectivity index is 2.46. The van der Waals surface area contributed by atoms with Crippen molar-refractivity contribution in [2.75, 3.05) is 25.5 Å². The molecule has 1 aliphatic carbocycles. The highest BCUT2D eigenvalue weighted by atomic mass is 32.2. The zero-order chi connectivity index (χ0) is 15.6. The Morgan fingerprint density at radius 1 is 1.29 bits per heavy atom. The van der Waals surface area contributed by atoms with Gasteiger partial charge in [0.05, 0.1) is 11.5 Å². The molecule has 0 atom stereocenters. The maximum Gasteiger partial charge on any atom is 0.243 e. The van der Waals surface area contributed by atoms with Gasteiger partial charge in [-0.05, 0) is 49.9 Å². The van der Waals surface area contributed by atoms with Gasteiger partial charge in [-0.3, -0.25) is 0 Å². The summed E-state index contributed by atoms with van der Waals surface area (Å²) >= 11 is 0. The molecule has 1 aromatic rings. The average molecular weight is 312 g/mol. The van der Waals surface area contributed by atoms with E-state index in [2.05, 4.69) is 5.32 Å². The SMILES string of the molecule is CNc1cc(C)c(S(=O)(=O)N(CCO)C2CCC2)c(C)c1. The van der Waals surface area contributed by atoms with E-state index in [-0.39, 0.29) is 19.2 Å². The highest BCUT2D eigenvalue weighted by molar-refractivity contribution is 7.89. The zero-order valence-electron chi connectivity index (χ0n) is 12.9. The summed E-state index contributed by atoms with van der Waals surface area (Å²) in [6.07, 6.45) is 2.82. The van der Waals surface area contributed by atoms with Crippen molar-refractivity contribution in [2.24, 2.45) is 0 Å². The second kappa shape index (κ2) is 6.34. The van der Waals surface area contributed by atoms with Gasteiger partial charge in [0.1, 0.15) is 0 Å². The molecule has 1 saturated carbocycles. The number of aliphatic hydroxyl groups excluding tert-OH is 1. The maximum absolute atomic E-state index is 13.0. The number of sulfonamides is 1. The van der Waals surface area contributed by atoms with Crippen LogP contribution in [0.2, 0.25) is 0 Å². The van der Waals surface area contributed by atoms with Crippen LogP contribution in [0.1, 0.15) is 30.4 Å². The Morgan fingerprint density at radius 3 is 2.24 bits per heavy atom. The maximum atomic E-state index is 13.0. The standard InChI is InChI=1S/C15H24N2O3S/c1-11-9-13(16-3)10-12(2)15(11)21(19,20)17(7-8-18)14-5-4-6-14/h9-10,14,16,18H,4-8H2,1-3H3. The van der Waals surface area contributed by atoms with Gasteiger partial charge in [0.15, 0.2) is 0 Å². The molecule has 0 heterocycles. The lowest BCUT2D eigenvalue weighted by molar-refractivity contribution is 0.178. The van der Waals surface area contributed by atoms with Crippen molar-refractivity contribution in [3.05, 3.63) is 23.3 Å². The third-order valence-corrected chi connectivity index (χ3v) is 6.38. The molecule has 1 fully saturated rings. The number of aliphatic hydroxyl groups is 1. The molecule has 0 saturated heterocycles. The van der Waals surface area contributed by atoms with E-state index < -0.39 is 10.0 Å². The van der Waals surface area contributed by atoms with E-state index in [0.29, 0.717) is 4.90 Å². The molecule has 2 N–H and O–H groups in total. The fourth-order valence-electron chi connectivity index (χ4n) is 2.89. The lowest BCUT2D eigenvalue weighted by atomic mass is 9.93. The second-order valence-corrected chi connectivity index (χ2v) is 7.44. The summed E-state index contributed by atoms with van der Waals surface area (Å²) in [4.78, 5) is 0.377. The molecule has 0 unspecified atom stereocenters. The molecule has 1 aromatic carbocycles. The summed E-state index contributed by atoms with van der Waals surface area (Å²) in [7, 11) is -1.75. The zero-order valence-corrected chi connectivity index (χ0v) is 13.7. The van der Waals surface area contributed by atoms with Crippen LogP contribution < -0.4 is 5.32 Å². The molecule has 1 aliphatic rings. The van der Waals surface area contributed by atoms with Gasteiger partial charge in [-0.2, -0.15) is 4.31 Å². The molecule has 2 rings (SSSR count). The van der Waals surface area contributed by atoms with Crippen LogP contribution in [0.4, 0.5) is 5.69 Å². The van der Waals surface area contributed by atoms with Gasteiger partial charge in [-0.25, -0.2) is 8.42 Å². The first kappa shape index (κ1) is 16.3. The van der Waals surface area contributed by atoms with Crippen molar-refractivity contribution in [1.29, 1.82) is 0 Å². The predicted octanol–water partition coefficient (Wildman–Crippen LogP) is 1.88. The molecule has 6 heteroatoms. The molecule has 5 nitrogen and oxygen atoms in total. The van der Waals surface area contributed by atoms with Gasteiger partial charge < -0.3 is 10.4 Å². The highest BCUT2D eigenvalue weighted by Crippen LogP contribution is 2.33. The van der Waals surface area contributed by atoms with Gasteiger partial charge in [0, 0.05) is 25.3 Å². The number of anilines is 1. The van der Waals surface area contributed by atoms with Gasteiger partial charge in [-0.1, -0.05) is 6.42 Å². The Morgan fingerprint density at radius 2 is 1.86 bits per heavy atom. The number of hydrogen-bond donors (Lipinski definition) is 2. The highest BCUT2D eigenvalue weighted by Gasteiger charge is 2.36. The summed E-state index contributed by atoms with van der Waals surface area (Å²) in [6.45, 7) is 3.65. The van der Waals surface area contributed by atoms with Crippen molar-refractivity contribution in [3.63, 3.8) is 0 Å². The van der Waals surface area contributed by atoms with Crippen molar-refractivity contribution in [3.8, 4) is 0 Å². The van der Waals surface area contributed by atoms with E-state index in [1.165, 1.54) is 4.31 Å². The number of aryl methyl sites for hydroxylation is 2. The fourth-order valence-corrected chi connectivity index (χ4v) is 4.98. The van der Waals surface area contributed by atoms with E-state index >= 15 is 0 Å². The fraction of sp³-hybridized carbons (Fsp3) is 0.600. The first-order chi connectivity index (χ1) is 9.91. The van der Waals surface area contributed by atoms with Crippen molar-refractivity contribution in [2.45, 2.75) is 44.0 Å². The number of nitrogens with zero attached hydrogens (tertiary/aromatic N) is 1. The third-order valence-electron chi connectivity index (χ3n) is 4.12. The van der Waals surface area contributed by atoms with E-state index in [0.717, 1.165) is 36.1 Å². The number of hydrogen-bond acceptors (Lipinski definition) is 4. The smallest absolute Gasteiger partial charge is 0.243 e. The van der Waals surface area contributed by atoms with E-state index in [9.17, 15) is 13.5 Å². The van der Waals surface area contributed by atoms with Gasteiger partial charge in [0.2, 0.25) is 10.0 Å². The number of benzene rings is 1. The summed E-state index contributed by atoms with van der Waals surface area (Å²) in [5.41, 5.74) is 2.38. The quantitative estimate of drug-likeness (QED) is 0.841. The Hall–Kier alpha value is -1.11.